The van der Waals surface area contributed by atoms with E-state index in [-0.39, 0.29) is 80.7 Å². The van der Waals surface area contributed by atoms with Gasteiger partial charge in [-0.2, -0.15) is 23.7 Å². The topological polar surface area (TPSA) is 0 Å². The molecule has 102 valence electrons. The van der Waals surface area contributed by atoms with Crippen LogP contribution in [-0.4, -0.2) is 0 Å². The molecule has 0 saturated carbocycles. The van der Waals surface area contributed by atoms with Gasteiger partial charge in [-0.25, -0.2) is 18.2 Å². The summed E-state index contributed by atoms with van der Waals surface area (Å²) in [5.74, 6) is 5.11. The minimum Gasteiger partial charge on any atom is -1.00 e. The largest absolute Gasteiger partial charge is 2.00 e. The van der Waals surface area contributed by atoms with Crippen molar-refractivity contribution in [2.75, 3.05) is 0 Å². The molecule has 0 saturated heterocycles. The number of allylic oxidation sites excluding steroid dienone is 4. The molecule has 0 spiro atoms. The average Bonchev–Trinajstić information content (AvgIpc) is 2.67. The van der Waals surface area contributed by atoms with E-state index in [9.17, 15) is 0 Å². The molecular weight excluding hydrogens is 349 g/mol. The van der Waals surface area contributed by atoms with Crippen molar-refractivity contribution in [3.8, 4) is 0 Å². The summed E-state index contributed by atoms with van der Waals surface area (Å²) in [6.07, 6.45) is 10.0. The van der Waals surface area contributed by atoms with Gasteiger partial charge in [0.05, 0.1) is 0 Å². The van der Waals surface area contributed by atoms with Crippen LogP contribution in [0.15, 0.2) is 36.2 Å². The summed E-state index contributed by atoms with van der Waals surface area (Å²) in [5.41, 5.74) is 0. The zero-order valence-electron chi connectivity index (χ0n) is 10.9. The van der Waals surface area contributed by atoms with Crippen molar-refractivity contribution in [3.05, 3.63) is 77.7 Å². The van der Waals surface area contributed by atoms with Gasteiger partial charge in [0, 0.05) is 0 Å². The van der Waals surface area contributed by atoms with Gasteiger partial charge < -0.3 is 54.5 Å². The maximum Gasteiger partial charge on any atom is 2.00 e. The maximum absolute atomic E-state index is 3.01. The molecule has 1 aromatic heterocycles. The standard InChI is InChI=1S/C5H5.C4H4P.4CH3.2ClH.Zr/c2*1-2-4-5-3-1;;;;;;;/h1-3H,4H2;1-3,5H;4*1H3;2*1H;/q6*-1;;;+2/p-2. The summed E-state index contributed by atoms with van der Waals surface area (Å²) in [7, 11) is 0.823. The third-order valence-electron chi connectivity index (χ3n) is 1.03. The molecule has 0 N–H and O–H groups in total. The van der Waals surface area contributed by atoms with Crippen LogP contribution in [0.4, 0.5) is 0 Å². The van der Waals surface area contributed by atoms with Crippen LogP contribution in [0.3, 0.4) is 0 Å². The average molecular weight is 370 g/mol. The van der Waals surface area contributed by atoms with Gasteiger partial charge in [0.2, 0.25) is 0 Å². The van der Waals surface area contributed by atoms with Crippen molar-refractivity contribution in [2.24, 2.45) is 0 Å². The molecule has 0 bridgehead atoms. The van der Waals surface area contributed by atoms with Crippen LogP contribution in [0.25, 0.3) is 0 Å². The first kappa shape index (κ1) is 43.1. The van der Waals surface area contributed by atoms with Gasteiger partial charge in [0.15, 0.2) is 0 Å². The zero-order valence-corrected chi connectivity index (χ0v) is 15.9. The molecule has 1 aliphatic carbocycles. The van der Waals surface area contributed by atoms with Crippen molar-refractivity contribution in [3.63, 3.8) is 0 Å². The molecule has 1 aliphatic rings. The SMILES string of the molecule is [C-]1=CC=CC1.[CH3-].[CH3-].[CH3-].[CH3-].[Cl-].[Cl-].[Zr+2].[c-]1ccc[pH]1. The third kappa shape index (κ3) is 31.5. The molecule has 0 amide bonds. The molecule has 0 fully saturated rings. The summed E-state index contributed by atoms with van der Waals surface area (Å²) in [4.78, 5) is 0. The Labute approximate surface area is 142 Å². The summed E-state index contributed by atoms with van der Waals surface area (Å²) in [5, 5.41) is 0. The van der Waals surface area contributed by atoms with Crippen LogP contribution in [0.2, 0.25) is 0 Å². The molecule has 1 atom stereocenters. The quantitative estimate of drug-likeness (QED) is 0.495. The molecule has 1 aromatic rings. The molecule has 0 aliphatic heterocycles. The van der Waals surface area contributed by atoms with E-state index in [1.165, 1.54) is 0 Å². The fourth-order valence-electron chi connectivity index (χ4n) is 0.581. The van der Waals surface area contributed by atoms with Crippen molar-refractivity contribution in [1.29, 1.82) is 0 Å². The second kappa shape index (κ2) is 36.0. The Hall–Kier alpha value is 0.723. The van der Waals surface area contributed by atoms with E-state index < -0.39 is 0 Å². The van der Waals surface area contributed by atoms with Gasteiger partial charge in [-0.15, -0.1) is 6.42 Å². The predicted molar refractivity (Wildman–Crippen MR) is 72.0 cm³/mol. The number of hydrogen-bond acceptors (Lipinski definition) is 0. The molecule has 4 heteroatoms. The fourth-order valence-corrected chi connectivity index (χ4v) is 1.06. The molecule has 0 aromatic carbocycles. The number of halogens is 2. The predicted octanol–water partition coefficient (Wildman–Crippen LogP) is -1.37. The Morgan fingerprint density at radius 1 is 1.00 bits per heavy atom. The van der Waals surface area contributed by atoms with Crippen molar-refractivity contribution < 1.29 is 51.0 Å². The second-order valence-electron chi connectivity index (χ2n) is 1.82. The first-order valence-corrected chi connectivity index (χ1v) is 4.29. The van der Waals surface area contributed by atoms with Crippen molar-refractivity contribution >= 4 is 8.19 Å². The molecule has 0 radical (unpaired) electrons. The van der Waals surface area contributed by atoms with Crippen molar-refractivity contribution in [2.45, 2.75) is 6.42 Å². The van der Waals surface area contributed by atoms with E-state index in [1.807, 2.05) is 24.3 Å². The van der Waals surface area contributed by atoms with Gasteiger partial charge >= 0.3 is 26.2 Å². The van der Waals surface area contributed by atoms with Gasteiger partial charge in [-0.1, -0.05) is 0 Å². The Bertz CT molecular complexity index is 182. The van der Waals surface area contributed by atoms with Crippen LogP contribution in [0, 0.1) is 41.6 Å². The fraction of sp³-hybridized carbons (Fsp3) is 0.0769. The van der Waals surface area contributed by atoms with Crippen LogP contribution >= 0.6 is 8.19 Å². The van der Waals surface area contributed by atoms with Gasteiger partial charge in [-0.3, -0.25) is 14.3 Å². The van der Waals surface area contributed by atoms with Gasteiger partial charge in [0.25, 0.3) is 0 Å². The number of rotatable bonds is 0. The smallest absolute Gasteiger partial charge is 1.00 e. The maximum atomic E-state index is 3.01. The summed E-state index contributed by atoms with van der Waals surface area (Å²) >= 11 is 0. The third-order valence-corrected chi connectivity index (χ3v) is 1.72. The molecule has 2 rings (SSSR count). The minimum absolute atomic E-state index is 0. The Morgan fingerprint density at radius 2 is 1.59 bits per heavy atom. The van der Waals surface area contributed by atoms with E-state index in [4.69, 9.17) is 0 Å². The van der Waals surface area contributed by atoms with Crippen LogP contribution in [-0.2, 0) is 26.2 Å². The Kier molecular flexibility index (Phi) is 91.2. The molecular formula is C13H21Cl2PZr-6. The first-order valence-electron chi connectivity index (χ1n) is 3.21. The van der Waals surface area contributed by atoms with E-state index >= 15 is 0 Å². The normalized spacial score (nSPS) is 8.00. The summed E-state index contributed by atoms with van der Waals surface area (Å²) < 4.78 is 0. The van der Waals surface area contributed by atoms with Gasteiger partial charge in [-0.05, 0) is 0 Å². The van der Waals surface area contributed by atoms with E-state index in [0.717, 1.165) is 14.6 Å². The minimum atomic E-state index is 0. The van der Waals surface area contributed by atoms with E-state index in [1.54, 1.807) is 0 Å². The number of hydrogen-bond donors (Lipinski definition) is 0. The van der Waals surface area contributed by atoms with Crippen molar-refractivity contribution in [1.82, 2.24) is 0 Å². The van der Waals surface area contributed by atoms with Crippen LogP contribution in [0.1, 0.15) is 6.42 Å². The Morgan fingerprint density at radius 3 is 1.71 bits per heavy atom. The monoisotopic (exact) mass is 368 g/mol. The first-order chi connectivity index (χ1) is 5.00. The Balaban J connectivity index is -0.0000000167. The van der Waals surface area contributed by atoms with E-state index in [0.29, 0.717) is 0 Å². The van der Waals surface area contributed by atoms with Crippen LogP contribution < -0.4 is 24.8 Å². The van der Waals surface area contributed by atoms with Gasteiger partial charge in [0.1, 0.15) is 0 Å². The second-order valence-corrected chi connectivity index (χ2v) is 2.73. The molecule has 1 unspecified atom stereocenters. The van der Waals surface area contributed by atoms with E-state index in [2.05, 4.69) is 23.7 Å². The molecule has 0 nitrogen and oxygen atoms in total. The summed E-state index contributed by atoms with van der Waals surface area (Å²) in [6, 6.07) is 3.96. The van der Waals surface area contributed by atoms with Crippen LogP contribution in [0.5, 0.6) is 0 Å². The summed E-state index contributed by atoms with van der Waals surface area (Å²) in [6.45, 7) is 0. The zero-order chi connectivity index (χ0) is 7.07. The molecule has 1 heterocycles. The molecule has 17 heavy (non-hydrogen) atoms.